The van der Waals surface area contributed by atoms with Crippen molar-refractivity contribution in [2.24, 2.45) is 0 Å². The van der Waals surface area contributed by atoms with Crippen LogP contribution < -0.4 is 10.6 Å². The molecule has 3 aromatic rings. The van der Waals surface area contributed by atoms with E-state index in [1.165, 1.54) is 23.9 Å². The molecule has 0 aliphatic heterocycles. The van der Waals surface area contributed by atoms with E-state index in [1.807, 2.05) is 0 Å². The molecule has 0 saturated carbocycles. The Labute approximate surface area is 147 Å². The topological polar surface area (TPSA) is 105 Å². The highest BCUT2D eigenvalue weighted by Gasteiger charge is 2.36. The number of nitrogens with one attached hydrogen (secondary N) is 2. The van der Waals surface area contributed by atoms with Gasteiger partial charge < -0.3 is 24.6 Å². The first-order valence-corrected chi connectivity index (χ1v) is 8.36. The molecule has 0 radical (unpaired) electrons. The fraction of sp³-hybridized carbons (Fsp3) is 0.176. The lowest BCUT2D eigenvalue weighted by molar-refractivity contribution is -0.139. The van der Waals surface area contributed by atoms with Crippen LogP contribution in [0.1, 0.15) is 16.4 Å². The molecule has 0 unspecified atom stereocenters. The molecule has 2 amide bonds. The second-order valence-corrected chi connectivity index (χ2v) is 6.21. The summed E-state index contributed by atoms with van der Waals surface area (Å²) in [6.07, 6.45) is 2.91. The van der Waals surface area contributed by atoms with E-state index in [0.717, 1.165) is 0 Å². The van der Waals surface area contributed by atoms with Crippen molar-refractivity contribution in [3.8, 4) is 0 Å². The first-order valence-electron chi connectivity index (χ1n) is 7.48. The van der Waals surface area contributed by atoms with Crippen LogP contribution in [-0.4, -0.2) is 23.5 Å². The van der Waals surface area contributed by atoms with Gasteiger partial charge in [-0.3, -0.25) is 9.59 Å². The Morgan fingerprint density at radius 3 is 2.44 bits per heavy atom. The molecule has 0 aliphatic rings. The largest absolute Gasteiger partial charge is 0.467 e. The molecule has 7 nitrogen and oxygen atoms in total. The Hall–Kier alpha value is -2.84. The number of furan rings is 2. The van der Waals surface area contributed by atoms with Crippen LogP contribution in [0.2, 0.25) is 0 Å². The van der Waals surface area contributed by atoms with Crippen molar-refractivity contribution >= 4 is 23.2 Å². The number of aliphatic hydroxyl groups is 1. The number of carbonyl (C=O) groups is 2. The number of hydrogen-bond donors (Lipinski definition) is 3. The lowest BCUT2D eigenvalue weighted by Gasteiger charge is -2.25. The van der Waals surface area contributed by atoms with E-state index >= 15 is 0 Å². The van der Waals surface area contributed by atoms with Gasteiger partial charge in [0.2, 0.25) is 0 Å². The van der Waals surface area contributed by atoms with Gasteiger partial charge in [-0.1, -0.05) is 6.07 Å². The molecule has 1 atom stereocenters. The average molecular weight is 360 g/mol. The maximum Gasteiger partial charge on any atom is 0.309 e. The van der Waals surface area contributed by atoms with Crippen molar-refractivity contribution in [1.82, 2.24) is 10.6 Å². The highest BCUT2D eigenvalue weighted by molar-refractivity contribution is 7.10. The summed E-state index contributed by atoms with van der Waals surface area (Å²) in [4.78, 5) is 24.5. The van der Waals surface area contributed by atoms with Crippen LogP contribution in [0.15, 0.2) is 63.1 Å². The van der Waals surface area contributed by atoms with Crippen molar-refractivity contribution in [3.05, 3.63) is 70.7 Å². The summed E-state index contributed by atoms with van der Waals surface area (Å²) in [5, 5.41) is 17.7. The minimum absolute atomic E-state index is 0.104. The van der Waals surface area contributed by atoms with Gasteiger partial charge >= 0.3 is 11.8 Å². The quantitative estimate of drug-likeness (QED) is 0.579. The second-order valence-electron chi connectivity index (χ2n) is 5.26. The highest BCUT2D eigenvalue weighted by atomic mass is 32.1. The summed E-state index contributed by atoms with van der Waals surface area (Å²) in [7, 11) is 0. The maximum absolute atomic E-state index is 12.0. The number of carbonyl (C=O) groups excluding carboxylic acids is 2. The molecule has 3 rings (SSSR count). The van der Waals surface area contributed by atoms with Crippen LogP contribution in [-0.2, 0) is 21.7 Å². The van der Waals surface area contributed by atoms with Gasteiger partial charge in [-0.2, -0.15) is 0 Å². The molecule has 3 heterocycles. The lowest BCUT2D eigenvalue weighted by atomic mass is 9.98. The molecule has 0 aromatic carbocycles. The van der Waals surface area contributed by atoms with Crippen LogP contribution in [0.4, 0.5) is 0 Å². The predicted molar refractivity (Wildman–Crippen MR) is 89.6 cm³/mol. The SMILES string of the molecule is O=C(NCc1ccco1)C(=O)NC[C@](O)(c1ccco1)c1cccs1. The molecule has 0 bridgehead atoms. The number of amides is 2. The second kappa shape index (κ2) is 7.37. The summed E-state index contributed by atoms with van der Waals surface area (Å²) < 4.78 is 10.4. The van der Waals surface area contributed by atoms with E-state index in [2.05, 4.69) is 10.6 Å². The van der Waals surface area contributed by atoms with E-state index in [4.69, 9.17) is 8.83 Å². The monoisotopic (exact) mass is 360 g/mol. The third kappa shape index (κ3) is 3.81. The van der Waals surface area contributed by atoms with Crippen LogP contribution in [0, 0.1) is 0 Å². The van der Waals surface area contributed by atoms with E-state index in [1.54, 1.807) is 41.8 Å². The standard InChI is InChI=1S/C17H16N2O5S/c20-15(18-10-12-4-1-7-23-12)16(21)19-11-17(22,13-5-2-8-24-13)14-6-3-9-25-14/h1-9,22H,10-11H2,(H,18,20)(H,19,21)/t17-/m0/s1. The Bertz CT molecular complexity index is 775. The normalized spacial score (nSPS) is 13.2. The van der Waals surface area contributed by atoms with E-state index < -0.39 is 17.4 Å². The molecule has 3 N–H and O–H groups in total. The molecule has 25 heavy (non-hydrogen) atoms. The van der Waals surface area contributed by atoms with Crippen molar-refractivity contribution in [1.29, 1.82) is 0 Å². The third-order valence-corrected chi connectivity index (χ3v) is 4.59. The smallest absolute Gasteiger partial charge is 0.309 e. The van der Waals surface area contributed by atoms with Gasteiger partial charge in [-0.25, -0.2) is 0 Å². The van der Waals surface area contributed by atoms with Crippen LogP contribution in [0.5, 0.6) is 0 Å². The molecule has 3 aromatic heterocycles. The Morgan fingerprint density at radius 2 is 1.80 bits per heavy atom. The molecule has 0 fully saturated rings. The molecule has 0 spiro atoms. The maximum atomic E-state index is 12.0. The summed E-state index contributed by atoms with van der Waals surface area (Å²) in [6.45, 7) is -0.0966. The first-order chi connectivity index (χ1) is 12.1. The number of hydrogen-bond acceptors (Lipinski definition) is 6. The zero-order chi connectivity index (χ0) is 17.7. The van der Waals surface area contributed by atoms with Gasteiger partial charge in [0.05, 0.1) is 25.6 Å². The summed E-state index contributed by atoms with van der Waals surface area (Å²) >= 11 is 1.32. The zero-order valence-electron chi connectivity index (χ0n) is 13.1. The van der Waals surface area contributed by atoms with Gasteiger partial charge in [0.25, 0.3) is 0 Å². The van der Waals surface area contributed by atoms with Crippen molar-refractivity contribution in [2.75, 3.05) is 6.54 Å². The van der Waals surface area contributed by atoms with Gasteiger partial charge in [0.15, 0.2) is 5.60 Å². The van der Waals surface area contributed by atoms with Crippen LogP contribution >= 0.6 is 11.3 Å². The van der Waals surface area contributed by atoms with Crippen molar-refractivity contribution < 1.29 is 23.5 Å². The molecule has 0 saturated heterocycles. The fourth-order valence-electron chi connectivity index (χ4n) is 2.27. The van der Waals surface area contributed by atoms with Crippen LogP contribution in [0.3, 0.4) is 0 Å². The fourth-order valence-corrected chi connectivity index (χ4v) is 3.10. The minimum atomic E-state index is -1.55. The number of thiophene rings is 1. The molecular weight excluding hydrogens is 344 g/mol. The Balaban J connectivity index is 1.63. The molecular formula is C17H16N2O5S. The van der Waals surface area contributed by atoms with Gasteiger partial charge in [0.1, 0.15) is 11.5 Å². The predicted octanol–water partition coefficient (Wildman–Crippen LogP) is 1.60. The first kappa shape index (κ1) is 17.0. The summed E-state index contributed by atoms with van der Waals surface area (Å²) in [5.74, 6) is -0.851. The van der Waals surface area contributed by atoms with Crippen molar-refractivity contribution in [2.45, 2.75) is 12.1 Å². The van der Waals surface area contributed by atoms with E-state index in [9.17, 15) is 14.7 Å². The van der Waals surface area contributed by atoms with Gasteiger partial charge in [-0.15, -0.1) is 11.3 Å². The van der Waals surface area contributed by atoms with Gasteiger partial charge in [0, 0.05) is 4.88 Å². The van der Waals surface area contributed by atoms with E-state index in [-0.39, 0.29) is 18.8 Å². The molecule has 8 heteroatoms. The highest BCUT2D eigenvalue weighted by Crippen LogP contribution is 2.32. The van der Waals surface area contributed by atoms with Gasteiger partial charge in [-0.05, 0) is 35.7 Å². The summed E-state index contributed by atoms with van der Waals surface area (Å²) in [5.41, 5.74) is -1.55. The lowest BCUT2D eigenvalue weighted by Crippen LogP contribution is -2.46. The number of rotatable bonds is 6. The minimum Gasteiger partial charge on any atom is -0.467 e. The Morgan fingerprint density at radius 1 is 1.04 bits per heavy atom. The van der Waals surface area contributed by atoms with Crippen molar-refractivity contribution in [3.63, 3.8) is 0 Å². The zero-order valence-corrected chi connectivity index (χ0v) is 13.9. The van der Waals surface area contributed by atoms with Crippen LogP contribution in [0.25, 0.3) is 0 Å². The third-order valence-electron chi connectivity index (χ3n) is 3.57. The Kier molecular flexibility index (Phi) is 5.01. The summed E-state index contributed by atoms with van der Waals surface area (Å²) in [6, 6.07) is 10.1. The molecule has 0 aliphatic carbocycles. The van der Waals surface area contributed by atoms with E-state index in [0.29, 0.717) is 10.6 Å². The average Bonchev–Trinajstić information content (AvgIpc) is 3.38. The molecule has 130 valence electrons.